The highest BCUT2D eigenvalue weighted by molar-refractivity contribution is 6.02. The molecule has 4 aromatic rings. The van der Waals surface area contributed by atoms with Crippen molar-refractivity contribution >= 4 is 16.7 Å². The molecule has 5 rings (SSSR count). The molecule has 9 heteroatoms. The zero-order chi connectivity index (χ0) is 22.1. The zero-order valence-electron chi connectivity index (χ0n) is 16.7. The number of hydrogen-bond acceptors (Lipinski definition) is 5. The molecule has 31 heavy (non-hydrogen) atoms. The lowest BCUT2D eigenvalue weighted by Crippen LogP contribution is -2.16. The number of nitrogens with one attached hydrogen (secondary N) is 2. The lowest BCUT2D eigenvalue weighted by molar-refractivity contribution is 0.476. The van der Waals surface area contributed by atoms with Crippen molar-refractivity contribution in [2.45, 2.75) is 26.4 Å². The third-order valence-electron chi connectivity index (χ3n) is 5.09. The number of nitrogens with zero attached hydrogens (tertiary/aromatic N) is 3. The average Bonchev–Trinajstić information content (AvgIpc) is 3.15. The summed E-state index contributed by atoms with van der Waals surface area (Å²) in [6, 6.07) is 7.68. The summed E-state index contributed by atoms with van der Waals surface area (Å²) in [6.45, 7) is 3.78. The van der Waals surface area contributed by atoms with Crippen molar-refractivity contribution < 1.29 is 13.2 Å². The summed E-state index contributed by atoms with van der Waals surface area (Å²) in [5, 5.41) is 14.8. The molecule has 0 saturated carbocycles. The average molecular weight is 425 g/mol. The summed E-state index contributed by atoms with van der Waals surface area (Å²) < 4.78 is 43.3. The Morgan fingerprint density at radius 2 is 1.77 bits per heavy atom. The molecule has 0 bridgehead atoms. The van der Waals surface area contributed by atoms with Crippen molar-refractivity contribution in [1.29, 1.82) is 0 Å². The molecule has 0 radical (unpaired) electrons. The molecule has 2 aromatic heterocycles. The summed E-state index contributed by atoms with van der Waals surface area (Å²) in [5.41, 5.74) is 2.55. The Hall–Kier alpha value is -3.75. The van der Waals surface area contributed by atoms with E-state index in [4.69, 9.17) is 0 Å². The quantitative estimate of drug-likeness (QED) is 0.319. The first-order valence-electron chi connectivity index (χ1n) is 9.75. The van der Waals surface area contributed by atoms with E-state index in [0.29, 0.717) is 39.1 Å². The molecule has 0 aliphatic carbocycles. The van der Waals surface area contributed by atoms with E-state index in [1.807, 2.05) is 13.8 Å². The van der Waals surface area contributed by atoms with Gasteiger partial charge in [0.25, 0.3) is 0 Å². The molecule has 6 nitrogen and oxygen atoms in total. The summed E-state index contributed by atoms with van der Waals surface area (Å²) in [5.74, 6) is -3.30. The number of rotatable bonds is 3. The van der Waals surface area contributed by atoms with Crippen LogP contribution in [-0.2, 0) is 6.54 Å². The fourth-order valence-corrected chi connectivity index (χ4v) is 3.86. The smallest absolute Gasteiger partial charge is 0.167 e. The number of nitroso groups, excluding NO2 is 1. The molecule has 1 atom stereocenters. The van der Waals surface area contributed by atoms with Crippen molar-refractivity contribution in [2.24, 2.45) is 5.18 Å². The number of para-hydroxylation sites is 1. The normalized spacial score (nSPS) is 14.2. The van der Waals surface area contributed by atoms with Crippen LogP contribution in [0.15, 0.2) is 47.8 Å². The Labute approximate surface area is 175 Å². The maximum atomic E-state index is 14.7. The first-order chi connectivity index (χ1) is 15.1. The van der Waals surface area contributed by atoms with Crippen molar-refractivity contribution in [1.82, 2.24) is 15.2 Å². The van der Waals surface area contributed by atoms with E-state index in [1.54, 1.807) is 30.5 Å². The molecule has 2 aromatic carbocycles. The summed E-state index contributed by atoms with van der Waals surface area (Å²) in [6.07, 6.45) is 1.55. The van der Waals surface area contributed by atoms with Gasteiger partial charge in [0.1, 0.15) is 12.4 Å². The van der Waals surface area contributed by atoms with E-state index >= 15 is 0 Å². The third kappa shape index (κ3) is 3.22. The Morgan fingerprint density at radius 1 is 1.03 bits per heavy atom. The van der Waals surface area contributed by atoms with Gasteiger partial charge in [-0.1, -0.05) is 37.2 Å². The van der Waals surface area contributed by atoms with E-state index < -0.39 is 29.1 Å². The van der Waals surface area contributed by atoms with Crippen LogP contribution in [0.3, 0.4) is 0 Å². The van der Waals surface area contributed by atoms with E-state index in [0.717, 1.165) is 12.1 Å². The van der Waals surface area contributed by atoms with Crippen LogP contribution >= 0.6 is 0 Å². The summed E-state index contributed by atoms with van der Waals surface area (Å²) >= 11 is 0. The van der Waals surface area contributed by atoms with Crippen LogP contribution in [0.5, 0.6) is 0 Å². The van der Waals surface area contributed by atoms with Gasteiger partial charge >= 0.3 is 0 Å². The molecule has 158 valence electrons. The molecular weight excluding hydrogens is 407 g/mol. The molecule has 0 fully saturated rings. The standard InChI is InChI=1S/C20H12F3N5O.C2H6/c21-11-5-6-12(22)18(23)17(11)19-10-7-24-20-16(10)15(14(8-25-29)27-28-20)9-3-1-2-4-13(9)26-19;1-2/h1-7,19,26H,8H2,(H,24,28);1-2H3. The van der Waals surface area contributed by atoms with Gasteiger partial charge in [-0.2, -0.15) is 10.0 Å². The molecule has 1 unspecified atom stereocenters. The van der Waals surface area contributed by atoms with Gasteiger partial charge in [-0.15, -0.1) is 5.10 Å². The van der Waals surface area contributed by atoms with Gasteiger partial charge in [-0.25, -0.2) is 13.2 Å². The van der Waals surface area contributed by atoms with Crippen LogP contribution in [0.25, 0.3) is 22.2 Å². The minimum absolute atomic E-state index is 0.218. The lowest BCUT2D eigenvalue weighted by atomic mass is 9.95. The second-order valence-corrected chi connectivity index (χ2v) is 6.66. The van der Waals surface area contributed by atoms with Crippen LogP contribution in [0.4, 0.5) is 18.9 Å². The molecule has 0 spiro atoms. The van der Waals surface area contributed by atoms with Crippen LogP contribution in [0.2, 0.25) is 0 Å². The Kier molecular flexibility index (Phi) is 5.41. The Balaban J connectivity index is 0.00000112. The Morgan fingerprint density at radius 3 is 2.55 bits per heavy atom. The second-order valence-electron chi connectivity index (χ2n) is 6.66. The van der Waals surface area contributed by atoms with Crippen molar-refractivity contribution in [3.63, 3.8) is 0 Å². The maximum absolute atomic E-state index is 14.7. The molecule has 0 saturated heterocycles. The first kappa shape index (κ1) is 20.5. The van der Waals surface area contributed by atoms with E-state index in [2.05, 4.69) is 25.7 Å². The number of halogens is 3. The van der Waals surface area contributed by atoms with Gasteiger partial charge in [0, 0.05) is 34.0 Å². The van der Waals surface area contributed by atoms with Gasteiger partial charge < -0.3 is 10.3 Å². The van der Waals surface area contributed by atoms with E-state index in [9.17, 15) is 18.1 Å². The van der Waals surface area contributed by atoms with Crippen LogP contribution in [0.1, 0.15) is 36.7 Å². The summed E-state index contributed by atoms with van der Waals surface area (Å²) in [7, 11) is 0. The largest absolute Gasteiger partial charge is 0.373 e. The minimum Gasteiger partial charge on any atom is -0.373 e. The number of aromatic amines is 1. The summed E-state index contributed by atoms with van der Waals surface area (Å²) in [4.78, 5) is 13.9. The van der Waals surface area contributed by atoms with Crippen molar-refractivity contribution in [3.05, 3.63) is 81.8 Å². The fraction of sp³-hybridized carbons (Fsp3) is 0.182. The highest BCUT2D eigenvalue weighted by Gasteiger charge is 2.32. The van der Waals surface area contributed by atoms with Crippen molar-refractivity contribution in [2.75, 3.05) is 5.32 Å². The maximum Gasteiger partial charge on any atom is 0.167 e. The highest BCUT2D eigenvalue weighted by atomic mass is 19.2. The van der Waals surface area contributed by atoms with E-state index in [-0.39, 0.29) is 6.54 Å². The second kappa shape index (κ2) is 8.17. The topological polar surface area (TPSA) is 83.0 Å². The molecular formula is C22H18F3N5O. The molecule has 1 aliphatic rings. The minimum atomic E-state index is -1.27. The first-order valence-corrected chi connectivity index (χ1v) is 9.75. The fourth-order valence-electron chi connectivity index (χ4n) is 3.86. The number of benzene rings is 2. The van der Waals surface area contributed by atoms with Gasteiger partial charge in [0.15, 0.2) is 17.3 Å². The molecule has 0 amide bonds. The number of H-pyrrole nitrogens is 1. The monoisotopic (exact) mass is 425 g/mol. The van der Waals surface area contributed by atoms with E-state index in [1.165, 1.54) is 0 Å². The van der Waals surface area contributed by atoms with Gasteiger partial charge in [-0.3, -0.25) is 0 Å². The number of fused-ring (bicyclic) bond motifs is 2. The third-order valence-corrected chi connectivity index (χ3v) is 5.09. The van der Waals surface area contributed by atoms with Crippen molar-refractivity contribution in [3.8, 4) is 11.1 Å². The lowest BCUT2D eigenvalue weighted by Gasteiger charge is -2.20. The van der Waals surface area contributed by atoms with Gasteiger partial charge in [0.05, 0.1) is 17.3 Å². The van der Waals surface area contributed by atoms with Crippen LogP contribution < -0.4 is 5.32 Å². The van der Waals surface area contributed by atoms with Crippen LogP contribution in [0, 0.1) is 22.4 Å². The van der Waals surface area contributed by atoms with Gasteiger partial charge in [-0.05, 0) is 18.2 Å². The number of hydrogen-bond donors (Lipinski definition) is 2. The zero-order valence-corrected chi connectivity index (χ0v) is 16.7. The molecule has 3 heterocycles. The number of anilines is 1. The van der Waals surface area contributed by atoms with Gasteiger partial charge in [0.2, 0.25) is 0 Å². The molecule has 1 aliphatic heterocycles. The SMILES string of the molecule is CC.O=NCc1nnc2[nH]cc3c2c1-c1ccccc1NC3c1c(F)ccc(F)c1F. The highest BCUT2D eigenvalue weighted by Crippen LogP contribution is 2.45. The Bertz CT molecular complexity index is 1290. The number of aromatic nitrogens is 3. The predicted molar refractivity (Wildman–Crippen MR) is 112 cm³/mol. The molecule has 2 N–H and O–H groups in total. The van der Waals surface area contributed by atoms with Crippen LogP contribution in [-0.4, -0.2) is 15.2 Å². The predicted octanol–water partition coefficient (Wildman–Crippen LogP) is 5.85.